The number of rotatable bonds is 1. The molecular weight excluding hydrogens is 148 g/mol. The van der Waals surface area contributed by atoms with E-state index in [1.165, 1.54) is 31.2 Å². The Hall–Kier alpha value is -0.980. The third kappa shape index (κ3) is 1.45. The van der Waals surface area contributed by atoms with Crippen LogP contribution in [0.5, 0.6) is 5.75 Å². The molecule has 1 nitrogen and oxygen atoms in total. The van der Waals surface area contributed by atoms with E-state index in [4.69, 9.17) is 0 Å². The van der Waals surface area contributed by atoms with Gasteiger partial charge in [-0.05, 0) is 36.5 Å². The molecule has 1 aromatic carbocycles. The molecule has 0 heterocycles. The number of benzene rings is 1. The van der Waals surface area contributed by atoms with Gasteiger partial charge in [0.15, 0.2) is 5.75 Å². The highest BCUT2D eigenvalue weighted by Crippen LogP contribution is 2.34. The summed E-state index contributed by atoms with van der Waals surface area (Å²) in [6, 6.07) is 7.36. The summed E-state index contributed by atoms with van der Waals surface area (Å²) in [5, 5.41) is 11.0. The molecule has 0 aromatic heterocycles. The molecule has 1 aliphatic carbocycles. The van der Waals surface area contributed by atoms with Gasteiger partial charge in [0.05, 0.1) is 0 Å². The van der Waals surface area contributed by atoms with Gasteiger partial charge < -0.3 is 0 Å². The van der Waals surface area contributed by atoms with Crippen LogP contribution in [0.2, 0.25) is 0 Å². The Bertz CT molecular complexity index is 261. The van der Waals surface area contributed by atoms with Crippen molar-refractivity contribution in [2.24, 2.45) is 0 Å². The minimum absolute atomic E-state index is 0.152. The van der Waals surface area contributed by atoms with Crippen LogP contribution in [0.1, 0.15) is 37.2 Å². The SMILES string of the molecule is [O]c1cccc(C2CCCC2)c1. The maximum atomic E-state index is 11.0. The second-order valence-electron chi connectivity index (χ2n) is 3.55. The Morgan fingerprint density at radius 2 is 1.92 bits per heavy atom. The lowest BCUT2D eigenvalue weighted by Crippen LogP contribution is -1.90. The van der Waals surface area contributed by atoms with Crippen molar-refractivity contribution in [2.75, 3.05) is 0 Å². The number of hydrogen-bond acceptors (Lipinski definition) is 0. The van der Waals surface area contributed by atoms with Gasteiger partial charge >= 0.3 is 0 Å². The first-order valence-corrected chi connectivity index (χ1v) is 4.63. The molecule has 0 spiro atoms. The summed E-state index contributed by atoms with van der Waals surface area (Å²) in [5.41, 5.74) is 1.25. The van der Waals surface area contributed by atoms with Gasteiger partial charge in [0.25, 0.3) is 0 Å². The lowest BCUT2D eigenvalue weighted by atomic mass is 9.98. The lowest BCUT2D eigenvalue weighted by molar-refractivity contribution is 0.354. The van der Waals surface area contributed by atoms with Gasteiger partial charge in [0.1, 0.15) is 0 Å². The fourth-order valence-corrected chi connectivity index (χ4v) is 2.03. The van der Waals surface area contributed by atoms with E-state index in [2.05, 4.69) is 6.07 Å². The monoisotopic (exact) mass is 161 g/mol. The van der Waals surface area contributed by atoms with Gasteiger partial charge in [0.2, 0.25) is 0 Å². The van der Waals surface area contributed by atoms with Crippen molar-refractivity contribution in [3.63, 3.8) is 0 Å². The average Bonchev–Trinajstić information content (AvgIpc) is 2.56. The van der Waals surface area contributed by atoms with Crippen LogP contribution in [-0.2, 0) is 5.11 Å². The fraction of sp³-hybridized carbons (Fsp3) is 0.455. The van der Waals surface area contributed by atoms with E-state index < -0.39 is 0 Å². The van der Waals surface area contributed by atoms with Crippen molar-refractivity contribution in [3.8, 4) is 5.75 Å². The largest absolute Gasteiger partial charge is 0.290 e. The smallest absolute Gasteiger partial charge is 0.178 e. The predicted molar refractivity (Wildman–Crippen MR) is 47.8 cm³/mol. The topological polar surface area (TPSA) is 19.9 Å². The van der Waals surface area contributed by atoms with E-state index in [1.807, 2.05) is 6.07 Å². The molecule has 0 N–H and O–H groups in total. The summed E-state index contributed by atoms with van der Waals surface area (Å²) in [4.78, 5) is 0. The van der Waals surface area contributed by atoms with Crippen molar-refractivity contribution in [3.05, 3.63) is 29.8 Å². The molecule has 1 heteroatoms. The van der Waals surface area contributed by atoms with Gasteiger partial charge in [-0.3, -0.25) is 5.11 Å². The van der Waals surface area contributed by atoms with Crippen molar-refractivity contribution in [1.29, 1.82) is 0 Å². The number of hydrogen-bond donors (Lipinski definition) is 0. The molecule has 63 valence electrons. The molecule has 1 radical (unpaired) electrons. The summed E-state index contributed by atoms with van der Waals surface area (Å²) >= 11 is 0. The normalized spacial score (nSPS) is 18.3. The van der Waals surface area contributed by atoms with E-state index >= 15 is 0 Å². The Morgan fingerprint density at radius 1 is 1.17 bits per heavy atom. The molecule has 2 rings (SSSR count). The van der Waals surface area contributed by atoms with E-state index in [0.29, 0.717) is 5.92 Å². The molecule has 1 saturated carbocycles. The van der Waals surface area contributed by atoms with Gasteiger partial charge in [-0.25, -0.2) is 0 Å². The Kier molecular flexibility index (Phi) is 2.03. The average molecular weight is 161 g/mol. The van der Waals surface area contributed by atoms with Gasteiger partial charge in [-0.15, -0.1) is 0 Å². The molecular formula is C11H13O. The molecule has 0 unspecified atom stereocenters. The third-order valence-electron chi connectivity index (χ3n) is 2.68. The lowest BCUT2D eigenvalue weighted by Gasteiger charge is -2.07. The van der Waals surface area contributed by atoms with E-state index in [0.717, 1.165) is 0 Å². The van der Waals surface area contributed by atoms with Crippen LogP contribution in [0.25, 0.3) is 0 Å². The van der Waals surface area contributed by atoms with Gasteiger partial charge in [-0.1, -0.05) is 25.0 Å². The molecule has 0 saturated heterocycles. The maximum absolute atomic E-state index is 11.0. The van der Waals surface area contributed by atoms with Crippen molar-refractivity contribution in [1.82, 2.24) is 0 Å². The third-order valence-corrected chi connectivity index (χ3v) is 2.68. The van der Waals surface area contributed by atoms with Gasteiger partial charge in [0, 0.05) is 0 Å². The summed E-state index contributed by atoms with van der Waals surface area (Å²) in [6.45, 7) is 0. The summed E-state index contributed by atoms with van der Waals surface area (Å²) < 4.78 is 0. The fourth-order valence-electron chi connectivity index (χ4n) is 2.03. The molecule has 1 aromatic rings. The molecule has 0 bridgehead atoms. The first kappa shape index (κ1) is 7.66. The summed E-state index contributed by atoms with van der Waals surface area (Å²) in [6.07, 6.45) is 5.19. The minimum Gasteiger partial charge on any atom is -0.290 e. The second kappa shape index (κ2) is 3.18. The quantitative estimate of drug-likeness (QED) is 0.601. The maximum Gasteiger partial charge on any atom is 0.178 e. The van der Waals surface area contributed by atoms with Crippen LogP contribution < -0.4 is 0 Å². The van der Waals surface area contributed by atoms with Crippen LogP contribution in [0.3, 0.4) is 0 Å². The summed E-state index contributed by atoms with van der Waals surface area (Å²) in [5.74, 6) is 0.818. The first-order chi connectivity index (χ1) is 5.86. The molecule has 0 aliphatic heterocycles. The Balaban J connectivity index is 2.21. The molecule has 12 heavy (non-hydrogen) atoms. The minimum atomic E-state index is 0.152. The van der Waals surface area contributed by atoms with Crippen molar-refractivity contribution in [2.45, 2.75) is 31.6 Å². The van der Waals surface area contributed by atoms with Crippen molar-refractivity contribution >= 4 is 0 Å². The highest BCUT2D eigenvalue weighted by Gasteiger charge is 2.16. The van der Waals surface area contributed by atoms with Crippen LogP contribution >= 0.6 is 0 Å². The van der Waals surface area contributed by atoms with Crippen LogP contribution in [0.4, 0.5) is 0 Å². The summed E-state index contributed by atoms with van der Waals surface area (Å²) in [7, 11) is 0. The molecule has 1 fully saturated rings. The molecule has 0 amide bonds. The Morgan fingerprint density at radius 3 is 2.58 bits per heavy atom. The van der Waals surface area contributed by atoms with Crippen molar-refractivity contribution < 1.29 is 5.11 Å². The zero-order valence-corrected chi connectivity index (χ0v) is 7.12. The van der Waals surface area contributed by atoms with Crippen LogP contribution in [-0.4, -0.2) is 0 Å². The molecule has 0 atom stereocenters. The second-order valence-corrected chi connectivity index (χ2v) is 3.55. The Labute approximate surface area is 73.0 Å². The highest BCUT2D eigenvalue weighted by atomic mass is 16.3. The predicted octanol–water partition coefficient (Wildman–Crippen LogP) is 3.49. The standard InChI is InChI=1S/C11H13O/c12-11-7-3-6-10(8-11)9-4-1-2-5-9/h3,6-9H,1-2,4-5H2. The van der Waals surface area contributed by atoms with Gasteiger partial charge in [-0.2, -0.15) is 0 Å². The molecule has 1 aliphatic rings. The van der Waals surface area contributed by atoms with E-state index in [-0.39, 0.29) is 5.75 Å². The zero-order chi connectivity index (χ0) is 8.39. The van der Waals surface area contributed by atoms with Crippen LogP contribution in [0, 0.1) is 0 Å². The first-order valence-electron chi connectivity index (χ1n) is 4.63. The zero-order valence-electron chi connectivity index (χ0n) is 7.12. The van der Waals surface area contributed by atoms with Crippen LogP contribution in [0.15, 0.2) is 24.3 Å². The highest BCUT2D eigenvalue weighted by molar-refractivity contribution is 5.29. The van der Waals surface area contributed by atoms with E-state index in [1.54, 1.807) is 12.1 Å². The van der Waals surface area contributed by atoms with E-state index in [9.17, 15) is 5.11 Å².